The van der Waals surface area contributed by atoms with Gasteiger partial charge in [0.1, 0.15) is 0 Å². The number of hydrogen-bond acceptors (Lipinski definition) is 4. The number of nitrogens with zero attached hydrogens (tertiary/aromatic N) is 2. The zero-order valence-corrected chi connectivity index (χ0v) is 11.7. The van der Waals surface area contributed by atoms with Crippen molar-refractivity contribution in [1.29, 1.82) is 0 Å². The molecular weight excluding hydrogens is 266 g/mol. The number of benzene rings is 2. The van der Waals surface area contributed by atoms with Crippen molar-refractivity contribution in [2.45, 2.75) is 19.3 Å². The van der Waals surface area contributed by atoms with Gasteiger partial charge in [-0.05, 0) is 37.0 Å². The Morgan fingerprint density at radius 2 is 1.90 bits per heavy atom. The van der Waals surface area contributed by atoms with E-state index < -0.39 is 4.92 Å². The van der Waals surface area contributed by atoms with Crippen LogP contribution in [-0.4, -0.2) is 11.5 Å². The van der Waals surface area contributed by atoms with Gasteiger partial charge in [-0.15, -0.1) is 0 Å². The van der Waals surface area contributed by atoms with Gasteiger partial charge < -0.3 is 10.6 Å². The zero-order chi connectivity index (χ0) is 14.8. The summed E-state index contributed by atoms with van der Waals surface area (Å²) in [5, 5.41) is 10.8. The molecule has 3 rings (SSSR count). The summed E-state index contributed by atoms with van der Waals surface area (Å²) in [6.45, 7) is 0.874. The third-order valence-electron chi connectivity index (χ3n) is 3.87. The van der Waals surface area contributed by atoms with E-state index >= 15 is 0 Å². The fourth-order valence-electron chi connectivity index (χ4n) is 2.84. The van der Waals surface area contributed by atoms with Crippen LogP contribution in [-0.2, 0) is 6.42 Å². The number of nitrogen functional groups attached to an aromatic ring is 1. The Bertz CT molecular complexity index is 685. The smallest absolute Gasteiger partial charge is 0.271 e. The molecule has 0 radical (unpaired) electrons. The topological polar surface area (TPSA) is 72.4 Å². The third-order valence-corrected chi connectivity index (χ3v) is 3.87. The molecule has 0 atom stereocenters. The molecule has 2 aromatic carbocycles. The second-order valence-electron chi connectivity index (χ2n) is 5.24. The molecule has 0 saturated carbocycles. The first-order chi connectivity index (χ1) is 10.2. The molecule has 1 aliphatic heterocycles. The van der Waals surface area contributed by atoms with E-state index in [-0.39, 0.29) is 5.69 Å². The van der Waals surface area contributed by atoms with Gasteiger partial charge in [0.25, 0.3) is 5.69 Å². The maximum Gasteiger partial charge on any atom is 0.271 e. The van der Waals surface area contributed by atoms with Gasteiger partial charge in [-0.25, -0.2) is 0 Å². The molecule has 0 spiro atoms. The van der Waals surface area contributed by atoms with E-state index in [0.29, 0.717) is 5.69 Å². The summed E-state index contributed by atoms with van der Waals surface area (Å²) in [5.74, 6) is 0. The highest BCUT2D eigenvalue weighted by Crippen LogP contribution is 2.36. The van der Waals surface area contributed by atoms with E-state index in [1.807, 2.05) is 12.1 Å². The molecule has 1 aliphatic rings. The predicted octanol–water partition coefficient (Wildman–Crippen LogP) is 3.65. The molecular formula is C16H17N3O2. The Balaban J connectivity index is 2.06. The summed E-state index contributed by atoms with van der Waals surface area (Å²) in [5.41, 5.74) is 9.81. The second-order valence-corrected chi connectivity index (χ2v) is 5.24. The van der Waals surface area contributed by atoms with E-state index in [1.165, 1.54) is 17.7 Å². The molecule has 0 saturated heterocycles. The van der Waals surface area contributed by atoms with Crippen LogP contribution in [0.5, 0.6) is 0 Å². The summed E-state index contributed by atoms with van der Waals surface area (Å²) < 4.78 is 0. The van der Waals surface area contributed by atoms with Crippen molar-refractivity contribution >= 4 is 22.7 Å². The van der Waals surface area contributed by atoms with Gasteiger partial charge in [0.05, 0.1) is 16.3 Å². The van der Waals surface area contributed by atoms with Gasteiger partial charge in [-0.2, -0.15) is 0 Å². The van der Waals surface area contributed by atoms with E-state index in [1.54, 1.807) is 6.07 Å². The molecule has 0 unspecified atom stereocenters. The first kappa shape index (κ1) is 13.4. The van der Waals surface area contributed by atoms with Gasteiger partial charge in [-0.1, -0.05) is 18.2 Å². The van der Waals surface area contributed by atoms with Crippen molar-refractivity contribution in [3.05, 3.63) is 58.1 Å². The Morgan fingerprint density at radius 3 is 2.67 bits per heavy atom. The molecule has 0 aromatic heterocycles. The Morgan fingerprint density at radius 1 is 1.10 bits per heavy atom. The molecule has 0 amide bonds. The van der Waals surface area contributed by atoms with Crippen LogP contribution in [0, 0.1) is 10.1 Å². The molecule has 0 fully saturated rings. The number of nitrogens with two attached hydrogens (primary N) is 1. The lowest BCUT2D eigenvalue weighted by Gasteiger charge is -2.26. The molecule has 0 bridgehead atoms. The maximum atomic E-state index is 10.8. The molecule has 2 aromatic rings. The summed E-state index contributed by atoms with van der Waals surface area (Å²) in [6.07, 6.45) is 3.27. The number of rotatable bonds is 2. The highest BCUT2D eigenvalue weighted by atomic mass is 16.6. The average Bonchev–Trinajstić information content (AvgIpc) is 2.69. The largest absolute Gasteiger partial charge is 0.397 e. The molecule has 5 heteroatoms. The van der Waals surface area contributed by atoms with Crippen LogP contribution >= 0.6 is 0 Å². The van der Waals surface area contributed by atoms with Crippen LogP contribution in [0.1, 0.15) is 18.4 Å². The van der Waals surface area contributed by atoms with Crippen LogP contribution in [0.15, 0.2) is 42.5 Å². The number of aryl methyl sites for hydroxylation is 1. The highest BCUT2D eigenvalue weighted by molar-refractivity contribution is 5.78. The molecule has 1 heterocycles. The molecule has 2 N–H and O–H groups in total. The monoisotopic (exact) mass is 283 g/mol. The van der Waals surface area contributed by atoms with Gasteiger partial charge in [0, 0.05) is 24.4 Å². The lowest BCUT2D eigenvalue weighted by Crippen LogP contribution is -2.19. The summed E-state index contributed by atoms with van der Waals surface area (Å²) in [7, 11) is 0. The maximum absolute atomic E-state index is 10.8. The minimum Gasteiger partial charge on any atom is -0.397 e. The normalized spacial score (nSPS) is 14.4. The number of hydrogen-bond donors (Lipinski definition) is 1. The van der Waals surface area contributed by atoms with Crippen molar-refractivity contribution in [1.82, 2.24) is 0 Å². The Labute approximate surface area is 123 Å². The van der Waals surface area contributed by atoms with E-state index in [9.17, 15) is 10.1 Å². The van der Waals surface area contributed by atoms with Crippen molar-refractivity contribution in [3.63, 3.8) is 0 Å². The molecule has 21 heavy (non-hydrogen) atoms. The van der Waals surface area contributed by atoms with Gasteiger partial charge >= 0.3 is 0 Å². The van der Waals surface area contributed by atoms with Crippen molar-refractivity contribution in [3.8, 4) is 0 Å². The number of nitro benzene ring substituents is 1. The fourth-order valence-corrected chi connectivity index (χ4v) is 2.84. The van der Waals surface area contributed by atoms with Crippen LogP contribution in [0.4, 0.5) is 22.7 Å². The third kappa shape index (κ3) is 2.54. The fraction of sp³-hybridized carbons (Fsp3) is 0.250. The molecule has 0 aliphatic carbocycles. The number of para-hydroxylation sites is 1. The van der Waals surface area contributed by atoms with Crippen molar-refractivity contribution in [2.24, 2.45) is 0 Å². The Hall–Kier alpha value is -2.56. The highest BCUT2D eigenvalue weighted by Gasteiger charge is 2.19. The van der Waals surface area contributed by atoms with Crippen LogP contribution in [0.3, 0.4) is 0 Å². The summed E-state index contributed by atoms with van der Waals surface area (Å²) >= 11 is 0. The molecule has 108 valence electrons. The van der Waals surface area contributed by atoms with Crippen molar-refractivity contribution in [2.75, 3.05) is 17.2 Å². The van der Waals surface area contributed by atoms with Crippen LogP contribution < -0.4 is 10.6 Å². The minimum atomic E-state index is -0.420. The standard InChI is InChI=1S/C16H17N3O2/c17-14-11-13(19(20)21)8-9-16(14)18-10-4-3-6-12-5-1-2-7-15(12)18/h1-2,5,7-9,11H,3-4,6,10,17H2. The van der Waals surface area contributed by atoms with Gasteiger partial charge in [-0.3, -0.25) is 10.1 Å². The van der Waals surface area contributed by atoms with Gasteiger partial charge in [0.15, 0.2) is 0 Å². The number of fused-ring (bicyclic) bond motifs is 1. The average molecular weight is 283 g/mol. The number of nitro groups is 1. The number of non-ortho nitro benzene ring substituents is 1. The predicted molar refractivity (Wildman–Crippen MR) is 83.9 cm³/mol. The SMILES string of the molecule is Nc1cc([N+](=O)[O-])ccc1N1CCCCc2ccccc21. The van der Waals surface area contributed by atoms with Crippen LogP contribution in [0.2, 0.25) is 0 Å². The lowest BCUT2D eigenvalue weighted by molar-refractivity contribution is -0.384. The number of anilines is 3. The lowest BCUT2D eigenvalue weighted by atomic mass is 10.1. The Kier molecular flexibility index (Phi) is 3.48. The first-order valence-corrected chi connectivity index (χ1v) is 7.06. The zero-order valence-electron chi connectivity index (χ0n) is 11.7. The quantitative estimate of drug-likeness (QED) is 0.518. The minimum absolute atomic E-state index is 0.0272. The first-order valence-electron chi connectivity index (χ1n) is 7.06. The van der Waals surface area contributed by atoms with E-state index in [2.05, 4.69) is 17.0 Å². The van der Waals surface area contributed by atoms with Crippen LogP contribution in [0.25, 0.3) is 0 Å². The second kappa shape index (κ2) is 5.44. The summed E-state index contributed by atoms with van der Waals surface area (Å²) in [4.78, 5) is 12.6. The van der Waals surface area contributed by atoms with E-state index in [4.69, 9.17) is 5.73 Å². The van der Waals surface area contributed by atoms with E-state index in [0.717, 1.165) is 37.2 Å². The molecule has 5 nitrogen and oxygen atoms in total. The summed E-state index contributed by atoms with van der Waals surface area (Å²) in [6, 6.07) is 13.0. The van der Waals surface area contributed by atoms with Crippen molar-refractivity contribution < 1.29 is 4.92 Å². The van der Waals surface area contributed by atoms with Gasteiger partial charge in [0.2, 0.25) is 0 Å².